The zero-order chi connectivity index (χ0) is 13.7. The molecule has 0 spiro atoms. The van der Waals surface area contributed by atoms with Crippen molar-refractivity contribution in [2.75, 3.05) is 27.2 Å². The molecular formula is C15H23FN2O. The highest BCUT2D eigenvalue weighted by Gasteiger charge is 2.25. The molecule has 1 aromatic carbocycles. The van der Waals surface area contributed by atoms with E-state index in [-0.39, 0.29) is 5.82 Å². The zero-order valence-corrected chi connectivity index (χ0v) is 11.7. The molecule has 1 heterocycles. The summed E-state index contributed by atoms with van der Waals surface area (Å²) in [6.45, 7) is 2.58. The van der Waals surface area contributed by atoms with E-state index in [2.05, 4.69) is 17.3 Å². The van der Waals surface area contributed by atoms with Gasteiger partial charge in [0.1, 0.15) is 5.82 Å². The quantitative estimate of drug-likeness (QED) is 0.852. The summed E-state index contributed by atoms with van der Waals surface area (Å²) >= 11 is 0. The second-order valence-corrected chi connectivity index (χ2v) is 5.34. The van der Waals surface area contributed by atoms with Crippen LogP contribution in [0.25, 0.3) is 0 Å². The Kier molecular flexibility index (Phi) is 5.31. The van der Waals surface area contributed by atoms with Crippen LogP contribution in [0.5, 0.6) is 0 Å². The fraction of sp³-hybridized carbons (Fsp3) is 0.600. The van der Waals surface area contributed by atoms with E-state index >= 15 is 0 Å². The number of benzene rings is 1. The van der Waals surface area contributed by atoms with E-state index in [0.29, 0.717) is 12.2 Å². The van der Waals surface area contributed by atoms with Crippen LogP contribution in [0.15, 0.2) is 24.3 Å². The molecule has 3 nitrogen and oxygen atoms in total. The lowest BCUT2D eigenvalue weighted by Crippen LogP contribution is -2.30. The summed E-state index contributed by atoms with van der Waals surface area (Å²) < 4.78 is 19.1. The summed E-state index contributed by atoms with van der Waals surface area (Å²) in [6.07, 6.45) is 2.88. The number of hydrogen-bond donors (Lipinski definition) is 1. The van der Waals surface area contributed by atoms with E-state index in [4.69, 9.17) is 4.74 Å². The van der Waals surface area contributed by atoms with E-state index in [1.807, 2.05) is 13.1 Å². The van der Waals surface area contributed by atoms with Crippen LogP contribution in [0.3, 0.4) is 0 Å². The molecule has 0 bridgehead atoms. The Bertz CT molecular complexity index is 399. The van der Waals surface area contributed by atoms with Crippen molar-refractivity contribution < 1.29 is 9.13 Å². The zero-order valence-electron chi connectivity index (χ0n) is 11.7. The van der Waals surface area contributed by atoms with Crippen LogP contribution in [-0.2, 0) is 11.3 Å². The molecule has 0 radical (unpaired) electrons. The highest BCUT2D eigenvalue weighted by molar-refractivity contribution is 5.16. The van der Waals surface area contributed by atoms with Gasteiger partial charge in [0.15, 0.2) is 0 Å². The van der Waals surface area contributed by atoms with Gasteiger partial charge in [0.25, 0.3) is 0 Å². The Labute approximate surface area is 114 Å². The number of rotatable bonds is 6. The van der Waals surface area contributed by atoms with Gasteiger partial charge < -0.3 is 10.1 Å². The lowest BCUT2D eigenvalue weighted by molar-refractivity contribution is 0.0276. The second kappa shape index (κ2) is 6.98. The van der Waals surface area contributed by atoms with Gasteiger partial charge in [-0.25, -0.2) is 4.39 Å². The van der Waals surface area contributed by atoms with E-state index in [1.165, 1.54) is 6.07 Å². The Morgan fingerprint density at radius 3 is 2.89 bits per heavy atom. The summed E-state index contributed by atoms with van der Waals surface area (Å²) in [7, 11) is 4.01. The average molecular weight is 266 g/mol. The van der Waals surface area contributed by atoms with Crippen LogP contribution in [0.2, 0.25) is 0 Å². The Morgan fingerprint density at radius 1 is 1.37 bits per heavy atom. The lowest BCUT2D eigenvalue weighted by Gasteiger charge is -2.21. The summed E-state index contributed by atoms with van der Waals surface area (Å²) in [4.78, 5) is 2.20. The van der Waals surface area contributed by atoms with E-state index < -0.39 is 0 Å². The fourth-order valence-electron chi connectivity index (χ4n) is 2.65. The van der Waals surface area contributed by atoms with Gasteiger partial charge in [-0.3, -0.25) is 4.90 Å². The van der Waals surface area contributed by atoms with E-state index in [1.54, 1.807) is 12.1 Å². The lowest BCUT2D eigenvalue weighted by atomic mass is 10.1. The van der Waals surface area contributed by atoms with Crippen LogP contribution in [0, 0.1) is 5.82 Å². The Morgan fingerprint density at radius 2 is 2.16 bits per heavy atom. The number of likely N-dealkylation sites (N-methyl/N-ethyl adjacent to an activating group) is 2. The monoisotopic (exact) mass is 266 g/mol. The van der Waals surface area contributed by atoms with E-state index in [9.17, 15) is 4.39 Å². The normalized spacial score (nSPS) is 23.2. The summed E-state index contributed by atoms with van der Waals surface area (Å²) in [5.74, 6) is -0.169. The minimum Gasteiger partial charge on any atom is -0.372 e. The molecule has 106 valence electrons. The first-order valence-electron chi connectivity index (χ1n) is 6.90. The fourth-order valence-corrected chi connectivity index (χ4v) is 2.65. The smallest absolute Gasteiger partial charge is 0.123 e. The van der Waals surface area contributed by atoms with E-state index in [0.717, 1.165) is 38.0 Å². The molecule has 0 saturated carbocycles. The molecule has 1 saturated heterocycles. The van der Waals surface area contributed by atoms with Crippen molar-refractivity contribution >= 4 is 0 Å². The predicted molar refractivity (Wildman–Crippen MR) is 74.6 cm³/mol. The van der Waals surface area contributed by atoms with Gasteiger partial charge in [-0.2, -0.15) is 0 Å². The largest absolute Gasteiger partial charge is 0.372 e. The van der Waals surface area contributed by atoms with Crippen LogP contribution >= 0.6 is 0 Å². The van der Waals surface area contributed by atoms with Gasteiger partial charge in [-0.15, -0.1) is 0 Å². The van der Waals surface area contributed by atoms with Gasteiger partial charge >= 0.3 is 0 Å². The van der Waals surface area contributed by atoms with Crippen molar-refractivity contribution in [1.29, 1.82) is 0 Å². The number of hydrogen-bond acceptors (Lipinski definition) is 3. The maximum absolute atomic E-state index is 13.1. The van der Waals surface area contributed by atoms with Crippen LogP contribution in [-0.4, -0.2) is 44.3 Å². The standard InChI is InChI=1S/C15H23FN2O/c1-17-9-14-6-7-15(19-14)11-18(2)10-12-4-3-5-13(16)8-12/h3-5,8,14-15,17H,6-7,9-11H2,1-2H3. The average Bonchev–Trinajstić information content (AvgIpc) is 2.77. The molecule has 19 heavy (non-hydrogen) atoms. The van der Waals surface area contributed by atoms with Crippen molar-refractivity contribution in [2.45, 2.75) is 31.6 Å². The third kappa shape index (κ3) is 4.56. The van der Waals surface area contributed by atoms with Gasteiger partial charge in [-0.1, -0.05) is 12.1 Å². The third-order valence-corrected chi connectivity index (χ3v) is 3.48. The van der Waals surface area contributed by atoms with Crippen molar-refractivity contribution in [2.24, 2.45) is 0 Å². The van der Waals surface area contributed by atoms with Crippen molar-refractivity contribution in [3.63, 3.8) is 0 Å². The molecule has 2 unspecified atom stereocenters. The molecule has 1 fully saturated rings. The van der Waals surface area contributed by atoms with Gasteiger partial charge in [0.05, 0.1) is 12.2 Å². The maximum atomic E-state index is 13.1. The third-order valence-electron chi connectivity index (χ3n) is 3.48. The Balaban J connectivity index is 1.77. The molecule has 1 N–H and O–H groups in total. The SMILES string of the molecule is CNCC1CCC(CN(C)Cc2cccc(F)c2)O1. The summed E-state index contributed by atoms with van der Waals surface area (Å²) in [6, 6.07) is 6.79. The minimum atomic E-state index is -0.169. The maximum Gasteiger partial charge on any atom is 0.123 e. The molecule has 1 aromatic rings. The number of nitrogens with one attached hydrogen (secondary N) is 1. The molecule has 1 aliphatic heterocycles. The molecule has 2 atom stereocenters. The Hall–Kier alpha value is -0.970. The van der Waals surface area contributed by atoms with Crippen LogP contribution < -0.4 is 5.32 Å². The molecule has 0 aromatic heterocycles. The second-order valence-electron chi connectivity index (χ2n) is 5.34. The molecule has 4 heteroatoms. The molecule has 0 amide bonds. The number of nitrogens with zero attached hydrogens (tertiary/aromatic N) is 1. The molecule has 1 aliphatic rings. The van der Waals surface area contributed by atoms with Gasteiger partial charge in [0.2, 0.25) is 0 Å². The van der Waals surface area contributed by atoms with Crippen molar-refractivity contribution in [1.82, 2.24) is 10.2 Å². The number of ether oxygens (including phenoxy) is 1. The van der Waals surface area contributed by atoms with Crippen LogP contribution in [0.1, 0.15) is 18.4 Å². The topological polar surface area (TPSA) is 24.5 Å². The first-order chi connectivity index (χ1) is 9.17. The molecular weight excluding hydrogens is 243 g/mol. The first kappa shape index (κ1) is 14.4. The molecule has 0 aliphatic carbocycles. The molecule has 2 rings (SSSR count). The number of halogens is 1. The van der Waals surface area contributed by atoms with Gasteiger partial charge in [-0.05, 0) is 44.6 Å². The first-order valence-corrected chi connectivity index (χ1v) is 6.90. The summed E-state index contributed by atoms with van der Waals surface area (Å²) in [5.41, 5.74) is 1.01. The van der Waals surface area contributed by atoms with Crippen LogP contribution in [0.4, 0.5) is 4.39 Å². The highest BCUT2D eigenvalue weighted by atomic mass is 19.1. The minimum absolute atomic E-state index is 0.169. The highest BCUT2D eigenvalue weighted by Crippen LogP contribution is 2.20. The summed E-state index contributed by atoms with van der Waals surface area (Å²) in [5, 5.41) is 3.15. The van der Waals surface area contributed by atoms with Gasteiger partial charge in [0, 0.05) is 19.6 Å². The predicted octanol–water partition coefficient (Wildman–Crippen LogP) is 2.02. The van der Waals surface area contributed by atoms with Crippen molar-refractivity contribution in [3.8, 4) is 0 Å². The van der Waals surface area contributed by atoms with Crippen molar-refractivity contribution in [3.05, 3.63) is 35.6 Å².